The Morgan fingerprint density at radius 3 is 2.67 bits per heavy atom. The molecule has 0 spiro atoms. The number of hydrogen-bond acceptors (Lipinski definition) is 3. The summed E-state index contributed by atoms with van der Waals surface area (Å²) in [6.45, 7) is 4.21. The first-order chi connectivity index (χ1) is 6.91. The van der Waals surface area contributed by atoms with E-state index in [4.69, 9.17) is 15.4 Å². The molecule has 0 aliphatic carbocycles. The minimum Gasteiger partial charge on any atom is -0.493 e. The molecule has 0 amide bonds. The standard InChI is InChI=1S/C10H11ClO3S/c1-6-5-9(15(11,12)13)7(2)8-3-4-14-10(6)8/h5H,3-4H2,1-2H3. The maximum Gasteiger partial charge on any atom is 0.261 e. The first-order valence-electron chi connectivity index (χ1n) is 4.62. The predicted octanol–water partition coefficient (Wildman–Crippen LogP) is 2.17. The number of fused-ring (bicyclic) bond motifs is 1. The van der Waals surface area contributed by atoms with E-state index in [9.17, 15) is 8.42 Å². The van der Waals surface area contributed by atoms with Gasteiger partial charge in [-0.3, -0.25) is 0 Å². The lowest BCUT2D eigenvalue weighted by Crippen LogP contribution is -1.99. The number of hydrogen-bond donors (Lipinski definition) is 0. The minimum atomic E-state index is -3.66. The fourth-order valence-corrected chi connectivity index (χ4v) is 3.23. The maximum atomic E-state index is 11.3. The number of rotatable bonds is 1. The van der Waals surface area contributed by atoms with E-state index in [0.29, 0.717) is 12.2 Å². The Hall–Kier alpha value is -0.740. The molecule has 1 heterocycles. The zero-order valence-corrected chi connectivity index (χ0v) is 10.1. The molecule has 2 rings (SSSR count). The summed E-state index contributed by atoms with van der Waals surface area (Å²) in [6.07, 6.45) is 0.752. The Kier molecular flexibility index (Phi) is 2.43. The highest BCUT2D eigenvalue weighted by molar-refractivity contribution is 8.13. The summed E-state index contributed by atoms with van der Waals surface area (Å²) in [5.41, 5.74) is 2.50. The molecule has 0 radical (unpaired) electrons. The van der Waals surface area contributed by atoms with Gasteiger partial charge in [-0.15, -0.1) is 0 Å². The van der Waals surface area contributed by atoms with Crippen molar-refractivity contribution in [1.29, 1.82) is 0 Å². The number of benzene rings is 1. The van der Waals surface area contributed by atoms with Crippen molar-refractivity contribution in [2.75, 3.05) is 6.61 Å². The quantitative estimate of drug-likeness (QED) is 0.714. The smallest absolute Gasteiger partial charge is 0.261 e. The van der Waals surface area contributed by atoms with Gasteiger partial charge in [0.05, 0.1) is 11.5 Å². The van der Waals surface area contributed by atoms with Crippen molar-refractivity contribution in [3.8, 4) is 5.75 Å². The van der Waals surface area contributed by atoms with Crippen LogP contribution in [0.4, 0.5) is 0 Å². The van der Waals surface area contributed by atoms with Gasteiger partial charge in [0.25, 0.3) is 9.05 Å². The Morgan fingerprint density at radius 2 is 2.07 bits per heavy atom. The van der Waals surface area contributed by atoms with Crippen molar-refractivity contribution in [1.82, 2.24) is 0 Å². The second-order valence-corrected chi connectivity index (χ2v) is 6.19. The Bertz CT molecular complexity index is 520. The lowest BCUT2D eigenvalue weighted by molar-refractivity contribution is 0.354. The van der Waals surface area contributed by atoms with Crippen LogP contribution in [0, 0.1) is 13.8 Å². The van der Waals surface area contributed by atoms with Crippen LogP contribution in [0.1, 0.15) is 16.7 Å². The molecule has 1 aromatic rings. The van der Waals surface area contributed by atoms with Gasteiger partial charge in [0, 0.05) is 22.7 Å². The summed E-state index contributed by atoms with van der Waals surface area (Å²) in [4.78, 5) is 0.200. The third kappa shape index (κ3) is 1.72. The molecular formula is C10H11ClO3S. The molecule has 0 N–H and O–H groups in total. The molecule has 82 valence electrons. The van der Waals surface area contributed by atoms with Crippen molar-refractivity contribution in [2.45, 2.75) is 25.2 Å². The average molecular weight is 247 g/mol. The van der Waals surface area contributed by atoms with Gasteiger partial charge < -0.3 is 4.74 Å². The van der Waals surface area contributed by atoms with E-state index in [-0.39, 0.29) is 4.90 Å². The van der Waals surface area contributed by atoms with Crippen LogP contribution in [0.5, 0.6) is 5.75 Å². The van der Waals surface area contributed by atoms with Gasteiger partial charge in [-0.25, -0.2) is 8.42 Å². The van der Waals surface area contributed by atoms with E-state index in [1.165, 1.54) is 0 Å². The molecule has 0 atom stereocenters. The van der Waals surface area contributed by atoms with Gasteiger partial charge in [-0.1, -0.05) is 0 Å². The fraction of sp³-hybridized carbons (Fsp3) is 0.400. The summed E-state index contributed by atoms with van der Waals surface area (Å²) >= 11 is 0. The molecule has 1 aromatic carbocycles. The largest absolute Gasteiger partial charge is 0.493 e. The summed E-state index contributed by atoms with van der Waals surface area (Å²) < 4.78 is 28.1. The summed E-state index contributed by atoms with van der Waals surface area (Å²) in [5.74, 6) is 0.816. The highest BCUT2D eigenvalue weighted by atomic mass is 35.7. The average Bonchev–Trinajstić information content (AvgIpc) is 2.58. The maximum absolute atomic E-state index is 11.3. The van der Waals surface area contributed by atoms with Gasteiger partial charge in [-0.2, -0.15) is 0 Å². The van der Waals surface area contributed by atoms with Crippen LogP contribution in [-0.2, 0) is 15.5 Å². The monoisotopic (exact) mass is 246 g/mol. The van der Waals surface area contributed by atoms with Crippen molar-refractivity contribution >= 4 is 19.7 Å². The van der Waals surface area contributed by atoms with Crippen LogP contribution in [0.2, 0.25) is 0 Å². The van der Waals surface area contributed by atoms with Crippen molar-refractivity contribution in [2.24, 2.45) is 0 Å². The molecule has 0 saturated heterocycles. The van der Waals surface area contributed by atoms with Crippen molar-refractivity contribution in [3.05, 3.63) is 22.8 Å². The lowest BCUT2D eigenvalue weighted by atomic mass is 10.0. The zero-order chi connectivity index (χ0) is 11.2. The molecule has 0 bridgehead atoms. The number of ether oxygens (including phenoxy) is 1. The highest BCUT2D eigenvalue weighted by Crippen LogP contribution is 2.36. The zero-order valence-electron chi connectivity index (χ0n) is 8.50. The van der Waals surface area contributed by atoms with E-state index < -0.39 is 9.05 Å². The van der Waals surface area contributed by atoms with Crippen LogP contribution in [0.25, 0.3) is 0 Å². The summed E-state index contributed by atoms with van der Waals surface area (Å²) in [5, 5.41) is 0. The second-order valence-electron chi connectivity index (χ2n) is 3.66. The van der Waals surface area contributed by atoms with Gasteiger partial charge in [-0.05, 0) is 31.0 Å². The van der Waals surface area contributed by atoms with Crippen LogP contribution >= 0.6 is 10.7 Å². The van der Waals surface area contributed by atoms with Crippen LogP contribution < -0.4 is 4.74 Å². The topological polar surface area (TPSA) is 43.4 Å². The molecule has 3 nitrogen and oxygen atoms in total. The first-order valence-corrected chi connectivity index (χ1v) is 6.92. The molecule has 1 aliphatic rings. The van der Waals surface area contributed by atoms with E-state index in [1.54, 1.807) is 13.0 Å². The molecule has 0 unspecified atom stereocenters. The Balaban J connectivity index is 2.76. The molecule has 0 aromatic heterocycles. The molecule has 0 saturated carbocycles. The lowest BCUT2D eigenvalue weighted by Gasteiger charge is -2.10. The van der Waals surface area contributed by atoms with Crippen molar-refractivity contribution in [3.63, 3.8) is 0 Å². The van der Waals surface area contributed by atoms with Crippen LogP contribution in [-0.4, -0.2) is 15.0 Å². The molecular weight excluding hydrogens is 236 g/mol. The normalized spacial score (nSPS) is 14.9. The molecule has 0 fully saturated rings. The summed E-state index contributed by atoms with van der Waals surface area (Å²) in [6, 6.07) is 1.57. The van der Waals surface area contributed by atoms with E-state index in [1.807, 2.05) is 6.92 Å². The SMILES string of the molecule is Cc1cc(S(=O)(=O)Cl)c(C)c2c1OCC2. The predicted molar refractivity (Wildman–Crippen MR) is 58.2 cm³/mol. The van der Waals surface area contributed by atoms with Crippen LogP contribution in [0.15, 0.2) is 11.0 Å². The van der Waals surface area contributed by atoms with E-state index >= 15 is 0 Å². The van der Waals surface area contributed by atoms with Crippen LogP contribution in [0.3, 0.4) is 0 Å². The molecule has 15 heavy (non-hydrogen) atoms. The minimum absolute atomic E-state index is 0.200. The highest BCUT2D eigenvalue weighted by Gasteiger charge is 2.24. The Morgan fingerprint density at radius 1 is 1.40 bits per heavy atom. The van der Waals surface area contributed by atoms with E-state index in [0.717, 1.165) is 23.3 Å². The Labute approximate surface area is 93.4 Å². The molecule has 5 heteroatoms. The molecule has 1 aliphatic heterocycles. The second kappa shape index (κ2) is 3.39. The van der Waals surface area contributed by atoms with E-state index in [2.05, 4.69) is 0 Å². The summed E-state index contributed by atoms with van der Waals surface area (Å²) in [7, 11) is 1.71. The number of aryl methyl sites for hydroxylation is 1. The number of halogens is 1. The van der Waals surface area contributed by atoms with Gasteiger partial charge >= 0.3 is 0 Å². The third-order valence-electron chi connectivity index (χ3n) is 2.66. The van der Waals surface area contributed by atoms with Gasteiger partial charge in [0.2, 0.25) is 0 Å². The van der Waals surface area contributed by atoms with Gasteiger partial charge in [0.1, 0.15) is 5.75 Å². The fourth-order valence-electron chi connectivity index (χ4n) is 1.94. The van der Waals surface area contributed by atoms with Gasteiger partial charge in [0.15, 0.2) is 0 Å². The third-order valence-corrected chi connectivity index (χ3v) is 4.11. The van der Waals surface area contributed by atoms with Crippen molar-refractivity contribution < 1.29 is 13.2 Å². The first kappa shape index (κ1) is 10.8.